The second-order valence-corrected chi connectivity index (χ2v) is 13.5. The fourth-order valence-corrected chi connectivity index (χ4v) is 5.13. The zero-order chi connectivity index (χ0) is 33.0. The molecule has 0 heterocycles. The summed E-state index contributed by atoms with van der Waals surface area (Å²) in [6.07, 6.45) is -0.669. The molecule has 0 aliphatic heterocycles. The summed E-state index contributed by atoms with van der Waals surface area (Å²) >= 11 is 6.49. The van der Waals surface area contributed by atoms with E-state index in [0.717, 1.165) is 16.7 Å². The quantitative estimate of drug-likeness (QED) is 0.243. The van der Waals surface area contributed by atoms with Crippen molar-refractivity contribution in [3.63, 3.8) is 0 Å². The van der Waals surface area contributed by atoms with Crippen LogP contribution in [-0.2, 0) is 20.7 Å². The Labute approximate surface area is 265 Å². The molecule has 9 heteroatoms. The molecular formula is C35H44ClN3O5. The SMILES string of the molecule is Cc1ccc(C(C(=O)Nc2c(C)cccc2Cl)N(C(=O)C(Cc2ccc(O)cc2)NC(=O)OC(C)(C)C)C(C)(C)C)cc1C. The van der Waals surface area contributed by atoms with Crippen LogP contribution >= 0.6 is 11.6 Å². The number of phenolic OH excluding ortho intramolecular Hbond substituents is 1. The molecule has 3 N–H and O–H groups in total. The number of alkyl carbamates (subject to hydrolysis) is 1. The minimum Gasteiger partial charge on any atom is -0.508 e. The summed E-state index contributed by atoms with van der Waals surface area (Å²) in [6, 6.07) is 15.2. The Balaban J connectivity index is 2.16. The van der Waals surface area contributed by atoms with Gasteiger partial charge in [-0.25, -0.2) is 4.79 Å². The van der Waals surface area contributed by atoms with Crippen LogP contribution in [-0.4, -0.2) is 45.1 Å². The van der Waals surface area contributed by atoms with E-state index in [1.165, 1.54) is 17.0 Å². The van der Waals surface area contributed by atoms with Crippen LogP contribution in [0.4, 0.5) is 10.5 Å². The number of hydrogen-bond acceptors (Lipinski definition) is 5. The summed E-state index contributed by atoms with van der Waals surface area (Å²) in [7, 11) is 0. The second-order valence-electron chi connectivity index (χ2n) is 13.1. The number of nitrogens with zero attached hydrogens (tertiary/aromatic N) is 1. The highest BCUT2D eigenvalue weighted by Gasteiger charge is 2.42. The van der Waals surface area contributed by atoms with Gasteiger partial charge in [-0.05, 0) is 108 Å². The van der Waals surface area contributed by atoms with Crippen LogP contribution in [0.1, 0.15) is 75.4 Å². The summed E-state index contributed by atoms with van der Waals surface area (Å²) < 4.78 is 5.51. The van der Waals surface area contributed by atoms with Crippen LogP contribution in [0.3, 0.4) is 0 Å². The molecular weight excluding hydrogens is 578 g/mol. The molecule has 0 spiro atoms. The maximum Gasteiger partial charge on any atom is 0.408 e. The van der Waals surface area contributed by atoms with Gasteiger partial charge in [0.25, 0.3) is 5.91 Å². The number of ether oxygens (including phenoxy) is 1. The molecule has 0 radical (unpaired) electrons. The maximum absolute atomic E-state index is 14.7. The standard InChI is InChI=1S/C35H44ClN3O5/c1-21-13-16-25(19-23(21)3)30(31(41)38-29-22(2)11-10-12-27(29)36)39(34(4,5)6)32(42)28(37-33(43)44-35(7,8)9)20-24-14-17-26(40)18-15-24/h10-19,28,30,40H,20H2,1-9H3,(H,37,43)(H,38,41). The van der Waals surface area contributed by atoms with E-state index in [4.69, 9.17) is 16.3 Å². The Kier molecular flexibility index (Phi) is 10.7. The fraction of sp³-hybridized carbons (Fsp3) is 0.400. The predicted molar refractivity (Wildman–Crippen MR) is 175 cm³/mol. The smallest absolute Gasteiger partial charge is 0.408 e. The van der Waals surface area contributed by atoms with Crippen molar-refractivity contribution in [3.05, 3.63) is 93.5 Å². The summed E-state index contributed by atoms with van der Waals surface area (Å²) in [5.74, 6) is -0.853. The lowest BCUT2D eigenvalue weighted by Gasteiger charge is -2.43. The molecule has 0 saturated heterocycles. The molecule has 2 unspecified atom stereocenters. The molecule has 44 heavy (non-hydrogen) atoms. The molecule has 0 aliphatic carbocycles. The molecule has 8 nitrogen and oxygen atoms in total. The number of para-hydroxylation sites is 1. The molecule has 0 bridgehead atoms. The van der Waals surface area contributed by atoms with Gasteiger partial charge in [-0.15, -0.1) is 0 Å². The van der Waals surface area contributed by atoms with Gasteiger partial charge in [0.1, 0.15) is 23.4 Å². The Bertz CT molecular complexity index is 1490. The van der Waals surface area contributed by atoms with Crippen LogP contribution in [0.5, 0.6) is 5.75 Å². The Morgan fingerprint density at radius 3 is 2.07 bits per heavy atom. The lowest BCUT2D eigenvalue weighted by Crippen LogP contribution is -2.58. The number of amides is 3. The topological polar surface area (TPSA) is 108 Å². The highest BCUT2D eigenvalue weighted by atomic mass is 35.5. The van der Waals surface area contributed by atoms with Gasteiger partial charge in [-0.3, -0.25) is 9.59 Å². The van der Waals surface area contributed by atoms with Gasteiger partial charge in [0.15, 0.2) is 0 Å². The van der Waals surface area contributed by atoms with Gasteiger partial charge in [0.05, 0.1) is 10.7 Å². The summed E-state index contributed by atoms with van der Waals surface area (Å²) in [6.45, 7) is 16.5. The van der Waals surface area contributed by atoms with Crippen molar-refractivity contribution in [2.24, 2.45) is 0 Å². The maximum atomic E-state index is 14.7. The van der Waals surface area contributed by atoms with Crippen LogP contribution in [0.25, 0.3) is 0 Å². The largest absolute Gasteiger partial charge is 0.508 e. The van der Waals surface area contributed by atoms with Crippen LogP contribution in [0.15, 0.2) is 60.7 Å². The van der Waals surface area contributed by atoms with E-state index in [1.54, 1.807) is 45.0 Å². The van der Waals surface area contributed by atoms with Gasteiger partial charge in [0, 0.05) is 12.0 Å². The van der Waals surface area contributed by atoms with Crippen molar-refractivity contribution in [1.82, 2.24) is 10.2 Å². The fourth-order valence-electron chi connectivity index (χ4n) is 4.86. The van der Waals surface area contributed by atoms with Crippen LogP contribution < -0.4 is 10.6 Å². The number of rotatable bonds is 8. The molecule has 3 aromatic rings. The summed E-state index contributed by atoms with van der Waals surface area (Å²) in [5, 5.41) is 15.9. The third-order valence-corrected chi connectivity index (χ3v) is 7.46. The highest BCUT2D eigenvalue weighted by Crippen LogP contribution is 2.34. The lowest BCUT2D eigenvalue weighted by atomic mass is 9.92. The lowest BCUT2D eigenvalue weighted by molar-refractivity contribution is -0.146. The molecule has 0 saturated carbocycles. The predicted octanol–water partition coefficient (Wildman–Crippen LogP) is 7.41. The van der Waals surface area contributed by atoms with Crippen LogP contribution in [0, 0.1) is 20.8 Å². The Morgan fingerprint density at radius 2 is 1.52 bits per heavy atom. The zero-order valence-corrected chi connectivity index (χ0v) is 27.8. The van der Waals surface area contributed by atoms with Crippen molar-refractivity contribution < 1.29 is 24.2 Å². The third kappa shape index (κ3) is 8.99. The Hall–Kier alpha value is -4.04. The number of benzene rings is 3. The van der Waals surface area contributed by atoms with E-state index in [-0.39, 0.29) is 12.2 Å². The molecule has 0 aromatic heterocycles. The first-order valence-electron chi connectivity index (χ1n) is 14.6. The number of carbonyl (C=O) groups excluding carboxylic acids is 3. The van der Waals surface area contributed by atoms with Gasteiger partial charge in [0.2, 0.25) is 5.91 Å². The minimum atomic E-state index is -1.10. The Morgan fingerprint density at radius 1 is 0.886 bits per heavy atom. The highest BCUT2D eigenvalue weighted by molar-refractivity contribution is 6.34. The number of anilines is 1. The first-order valence-corrected chi connectivity index (χ1v) is 15.0. The van der Waals surface area contributed by atoms with Crippen molar-refractivity contribution >= 4 is 35.2 Å². The zero-order valence-electron chi connectivity index (χ0n) is 27.0. The van der Waals surface area contributed by atoms with Crippen molar-refractivity contribution in [2.45, 2.75) is 92.0 Å². The first kappa shape index (κ1) is 34.5. The summed E-state index contributed by atoms with van der Waals surface area (Å²) in [4.78, 5) is 43.6. The van der Waals surface area contributed by atoms with Gasteiger partial charge < -0.3 is 25.4 Å². The molecule has 3 amide bonds. The monoisotopic (exact) mass is 621 g/mol. The van der Waals surface area contributed by atoms with E-state index in [0.29, 0.717) is 21.8 Å². The molecule has 3 aromatic carbocycles. The van der Waals surface area contributed by atoms with E-state index >= 15 is 0 Å². The van der Waals surface area contributed by atoms with E-state index < -0.39 is 41.1 Å². The number of carbonyl (C=O) groups is 3. The normalized spacial score (nSPS) is 13.0. The van der Waals surface area contributed by atoms with Crippen molar-refractivity contribution in [1.29, 1.82) is 0 Å². The molecule has 2 atom stereocenters. The third-order valence-electron chi connectivity index (χ3n) is 7.15. The van der Waals surface area contributed by atoms with Gasteiger partial charge >= 0.3 is 6.09 Å². The number of phenols is 1. The second kappa shape index (κ2) is 13.7. The minimum absolute atomic E-state index is 0.0781. The molecule has 3 rings (SSSR count). The number of hydrogen-bond donors (Lipinski definition) is 3. The number of aryl methyl sites for hydroxylation is 3. The molecule has 0 fully saturated rings. The van der Waals surface area contributed by atoms with E-state index in [9.17, 15) is 19.5 Å². The molecule has 0 aliphatic rings. The van der Waals surface area contributed by atoms with Gasteiger partial charge in [-0.1, -0.05) is 54.1 Å². The van der Waals surface area contributed by atoms with E-state index in [2.05, 4.69) is 10.6 Å². The first-order chi connectivity index (χ1) is 20.4. The van der Waals surface area contributed by atoms with Crippen molar-refractivity contribution in [3.8, 4) is 5.75 Å². The van der Waals surface area contributed by atoms with Gasteiger partial charge in [-0.2, -0.15) is 0 Å². The number of halogens is 1. The summed E-state index contributed by atoms with van der Waals surface area (Å²) in [5.41, 5.74) is 2.87. The molecule has 236 valence electrons. The van der Waals surface area contributed by atoms with Crippen LogP contribution in [0.2, 0.25) is 5.02 Å². The van der Waals surface area contributed by atoms with E-state index in [1.807, 2.05) is 65.8 Å². The number of aromatic hydroxyl groups is 1. The average Bonchev–Trinajstić information content (AvgIpc) is 2.89. The van der Waals surface area contributed by atoms with Crippen molar-refractivity contribution in [2.75, 3.05) is 5.32 Å². The number of nitrogens with one attached hydrogen (secondary N) is 2. The average molecular weight is 622 g/mol.